The van der Waals surface area contributed by atoms with Gasteiger partial charge in [0.2, 0.25) is 0 Å². The number of halogens is 3. The van der Waals surface area contributed by atoms with Gasteiger partial charge in [0.05, 0.1) is 0 Å². The van der Waals surface area contributed by atoms with Crippen LogP contribution in [0.25, 0.3) is 22.3 Å². The van der Waals surface area contributed by atoms with E-state index in [1.54, 1.807) is 24.3 Å². The van der Waals surface area contributed by atoms with Gasteiger partial charge in [0, 0.05) is 6.20 Å². The maximum atomic E-state index is 13.5. The molecule has 1 nitrogen and oxygen atoms in total. The molecule has 28 heavy (non-hydrogen) atoms. The molecule has 138 valence electrons. The Hall–Kier alpha value is -2.85. The number of nitrogens with zero attached hydrogens (tertiary/aromatic N) is 1. The molecular weight excluding hydrogens is 420 g/mol. The van der Waals surface area contributed by atoms with Crippen LogP contribution in [-0.2, 0) is 6.42 Å². The van der Waals surface area contributed by atoms with Crippen LogP contribution in [0.2, 0.25) is 0 Å². The van der Waals surface area contributed by atoms with Gasteiger partial charge in [-0.25, -0.2) is 13.8 Å². The molecule has 0 N–H and O–H groups in total. The minimum absolute atomic E-state index is 0.274. The second-order valence-corrected chi connectivity index (χ2v) is 7.33. The topological polar surface area (TPSA) is 12.9 Å². The van der Waals surface area contributed by atoms with E-state index in [1.807, 2.05) is 30.5 Å². The van der Waals surface area contributed by atoms with Gasteiger partial charge in [-0.05, 0) is 86.1 Å². The van der Waals surface area contributed by atoms with Gasteiger partial charge in [-0.2, -0.15) is 0 Å². The normalized spacial score (nSPS) is 10.8. The van der Waals surface area contributed by atoms with E-state index in [2.05, 4.69) is 27.0 Å². The lowest BCUT2D eigenvalue weighted by atomic mass is 9.88. The van der Waals surface area contributed by atoms with E-state index < -0.39 is 0 Å². The zero-order valence-electron chi connectivity index (χ0n) is 14.9. The summed E-state index contributed by atoms with van der Waals surface area (Å²) in [5.74, 6) is -0.550. The molecule has 0 radical (unpaired) electrons. The number of benzene rings is 3. The number of aromatic nitrogens is 1. The number of hydrogen-bond acceptors (Lipinski definition) is 1. The van der Waals surface area contributed by atoms with Gasteiger partial charge >= 0.3 is 0 Å². The fraction of sp³-hybridized carbons (Fsp3) is 0.0417. The van der Waals surface area contributed by atoms with Gasteiger partial charge in [-0.1, -0.05) is 48.5 Å². The molecule has 4 heteroatoms. The Morgan fingerprint density at radius 1 is 0.714 bits per heavy atom. The molecule has 0 atom stereocenters. The van der Waals surface area contributed by atoms with E-state index in [0.717, 1.165) is 38.0 Å². The first kappa shape index (κ1) is 18.5. The van der Waals surface area contributed by atoms with Crippen LogP contribution in [0.1, 0.15) is 11.1 Å². The fourth-order valence-corrected chi connectivity index (χ4v) is 3.54. The zero-order chi connectivity index (χ0) is 19.5. The molecule has 1 aromatic heterocycles. The van der Waals surface area contributed by atoms with Crippen LogP contribution in [0.3, 0.4) is 0 Å². The van der Waals surface area contributed by atoms with E-state index >= 15 is 0 Å². The van der Waals surface area contributed by atoms with E-state index in [9.17, 15) is 8.78 Å². The Labute approximate surface area is 170 Å². The Morgan fingerprint density at radius 2 is 1.36 bits per heavy atom. The van der Waals surface area contributed by atoms with Crippen LogP contribution in [-0.4, -0.2) is 4.98 Å². The summed E-state index contributed by atoms with van der Waals surface area (Å²) in [4.78, 5) is 4.30. The van der Waals surface area contributed by atoms with Crippen molar-refractivity contribution in [2.75, 3.05) is 0 Å². The van der Waals surface area contributed by atoms with Crippen molar-refractivity contribution in [3.05, 3.63) is 112 Å². The fourth-order valence-electron chi connectivity index (χ4n) is 3.31. The smallest absolute Gasteiger partial charge is 0.123 e. The van der Waals surface area contributed by atoms with Crippen LogP contribution in [0.5, 0.6) is 0 Å². The molecule has 0 aliphatic carbocycles. The average molecular weight is 436 g/mol. The highest BCUT2D eigenvalue weighted by molar-refractivity contribution is 9.10. The molecule has 4 rings (SSSR count). The van der Waals surface area contributed by atoms with Crippen LogP contribution in [0.4, 0.5) is 8.78 Å². The van der Waals surface area contributed by atoms with E-state index in [0.29, 0.717) is 6.42 Å². The number of rotatable bonds is 4. The molecule has 0 unspecified atom stereocenters. The summed E-state index contributed by atoms with van der Waals surface area (Å²) in [6.45, 7) is 0. The Kier molecular flexibility index (Phi) is 5.31. The third kappa shape index (κ3) is 4.02. The predicted molar refractivity (Wildman–Crippen MR) is 112 cm³/mol. The van der Waals surface area contributed by atoms with Gasteiger partial charge in [0.1, 0.15) is 16.2 Å². The Bertz CT molecular complexity index is 1090. The third-order valence-corrected chi connectivity index (χ3v) is 5.09. The van der Waals surface area contributed by atoms with Crippen molar-refractivity contribution in [1.82, 2.24) is 4.98 Å². The molecule has 0 spiro atoms. The molecule has 4 aromatic rings. The second-order valence-electron chi connectivity index (χ2n) is 6.52. The third-order valence-electron chi connectivity index (χ3n) is 4.62. The van der Waals surface area contributed by atoms with Gasteiger partial charge in [-0.15, -0.1) is 0 Å². The number of pyridine rings is 1. The first-order chi connectivity index (χ1) is 13.6. The summed E-state index contributed by atoms with van der Waals surface area (Å²) in [5.41, 5.74) is 5.99. The quantitative estimate of drug-likeness (QED) is 0.313. The number of hydrogen-bond donors (Lipinski definition) is 0. The van der Waals surface area contributed by atoms with Crippen molar-refractivity contribution < 1.29 is 8.78 Å². The largest absolute Gasteiger partial charge is 0.249 e. The van der Waals surface area contributed by atoms with Crippen molar-refractivity contribution >= 4 is 15.9 Å². The van der Waals surface area contributed by atoms with E-state index in [-0.39, 0.29) is 11.6 Å². The van der Waals surface area contributed by atoms with Gasteiger partial charge in [-0.3, -0.25) is 0 Å². The molecule has 0 fully saturated rings. The van der Waals surface area contributed by atoms with Gasteiger partial charge < -0.3 is 0 Å². The molecular formula is C24H16BrF2N. The lowest BCUT2D eigenvalue weighted by Gasteiger charge is -2.16. The lowest BCUT2D eigenvalue weighted by molar-refractivity contribution is 0.627. The highest BCUT2D eigenvalue weighted by atomic mass is 79.9. The van der Waals surface area contributed by atoms with Crippen molar-refractivity contribution in [3.63, 3.8) is 0 Å². The summed E-state index contributed by atoms with van der Waals surface area (Å²) in [7, 11) is 0. The maximum Gasteiger partial charge on any atom is 0.123 e. The van der Waals surface area contributed by atoms with E-state index in [1.165, 1.54) is 24.3 Å². The predicted octanol–water partition coefficient (Wildman–Crippen LogP) is 7.05. The second kappa shape index (κ2) is 8.03. The van der Waals surface area contributed by atoms with Crippen molar-refractivity contribution in [2.45, 2.75) is 6.42 Å². The summed E-state index contributed by atoms with van der Waals surface area (Å²) in [5, 5.41) is 0. The monoisotopic (exact) mass is 435 g/mol. The average Bonchev–Trinajstić information content (AvgIpc) is 2.71. The van der Waals surface area contributed by atoms with Crippen LogP contribution < -0.4 is 0 Å². The molecule has 0 aliphatic rings. The molecule has 0 amide bonds. The standard InChI is InChI=1S/C24H16BrF2N/c25-23-13-4-16(15-28-23)14-19-2-1-3-22(17-5-9-20(26)10-6-17)24(19)18-7-11-21(27)12-8-18/h1-13,15H,14H2. The van der Waals surface area contributed by atoms with Crippen LogP contribution in [0, 0.1) is 11.6 Å². The minimum Gasteiger partial charge on any atom is -0.249 e. The van der Waals surface area contributed by atoms with Crippen molar-refractivity contribution in [1.29, 1.82) is 0 Å². The molecule has 1 heterocycles. The summed E-state index contributed by atoms with van der Waals surface area (Å²) < 4.78 is 27.7. The highest BCUT2D eigenvalue weighted by Crippen LogP contribution is 2.36. The van der Waals surface area contributed by atoms with Gasteiger partial charge in [0.15, 0.2) is 0 Å². The maximum absolute atomic E-state index is 13.5. The van der Waals surface area contributed by atoms with Gasteiger partial charge in [0.25, 0.3) is 0 Å². The van der Waals surface area contributed by atoms with E-state index in [4.69, 9.17) is 0 Å². The zero-order valence-corrected chi connectivity index (χ0v) is 16.5. The lowest BCUT2D eigenvalue weighted by Crippen LogP contribution is -1.96. The molecule has 0 bridgehead atoms. The SMILES string of the molecule is Fc1ccc(-c2cccc(Cc3ccc(Br)nc3)c2-c2ccc(F)cc2)cc1. The minimum atomic E-state index is -0.276. The first-order valence-electron chi connectivity index (χ1n) is 8.84. The molecule has 0 aliphatic heterocycles. The Balaban J connectivity index is 1.87. The Morgan fingerprint density at radius 3 is 1.96 bits per heavy atom. The van der Waals surface area contributed by atoms with Crippen LogP contribution in [0.15, 0.2) is 89.7 Å². The molecule has 3 aromatic carbocycles. The summed E-state index contributed by atoms with van der Waals surface area (Å²) >= 11 is 3.36. The summed E-state index contributed by atoms with van der Waals surface area (Å²) in [6.07, 6.45) is 2.52. The van der Waals surface area contributed by atoms with Crippen LogP contribution >= 0.6 is 15.9 Å². The van der Waals surface area contributed by atoms with Crippen molar-refractivity contribution in [2.24, 2.45) is 0 Å². The first-order valence-corrected chi connectivity index (χ1v) is 9.63. The molecule has 0 saturated heterocycles. The van der Waals surface area contributed by atoms with Crippen molar-refractivity contribution in [3.8, 4) is 22.3 Å². The summed E-state index contributed by atoms with van der Waals surface area (Å²) in [6, 6.07) is 22.9. The highest BCUT2D eigenvalue weighted by Gasteiger charge is 2.13. The molecule has 0 saturated carbocycles.